The van der Waals surface area contributed by atoms with Gasteiger partial charge >= 0.3 is 5.97 Å². The van der Waals surface area contributed by atoms with Crippen molar-refractivity contribution in [1.29, 1.82) is 0 Å². The van der Waals surface area contributed by atoms with E-state index in [0.29, 0.717) is 20.7 Å². The SMILES string of the molecule is CC(C)[C@@H](CC(=O)Cc1csc(-c2ccc(Cl)cc2Cl)n1)C(=O)O. The largest absolute Gasteiger partial charge is 0.481 e. The fourth-order valence-electron chi connectivity index (χ4n) is 2.30. The van der Waals surface area contributed by atoms with Gasteiger partial charge in [0.05, 0.1) is 16.6 Å². The van der Waals surface area contributed by atoms with Crippen molar-refractivity contribution in [2.45, 2.75) is 26.7 Å². The topological polar surface area (TPSA) is 67.3 Å². The zero-order valence-electron chi connectivity index (χ0n) is 13.3. The minimum atomic E-state index is -0.940. The average Bonchev–Trinajstić information content (AvgIpc) is 2.92. The fraction of sp³-hybridized carbons (Fsp3) is 0.353. The van der Waals surface area contributed by atoms with Crippen molar-refractivity contribution >= 4 is 46.3 Å². The summed E-state index contributed by atoms with van der Waals surface area (Å²) in [5.41, 5.74) is 1.38. The van der Waals surface area contributed by atoms with E-state index in [4.69, 9.17) is 23.2 Å². The molecule has 2 aromatic rings. The van der Waals surface area contributed by atoms with Crippen LogP contribution in [0.1, 0.15) is 26.0 Å². The number of Topliss-reactive ketones (excluding diaryl/α,β-unsaturated/α-hetero) is 1. The van der Waals surface area contributed by atoms with E-state index in [9.17, 15) is 14.7 Å². The molecule has 4 nitrogen and oxygen atoms in total. The lowest BCUT2D eigenvalue weighted by Crippen LogP contribution is -2.23. The van der Waals surface area contributed by atoms with Crippen molar-refractivity contribution in [2.24, 2.45) is 11.8 Å². The summed E-state index contributed by atoms with van der Waals surface area (Å²) in [5, 5.41) is 12.7. The summed E-state index contributed by atoms with van der Waals surface area (Å²) in [7, 11) is 0. The molecule has 1 heterocycles. The van der Waals surface area contributed by atoms with Crippen LogP contribution in [0.15, 0.2) is 23.6 Å². The zero-order chi connectivity index (χ0) is 17.9. The lowest BCUT2D eigenvalue weighted by Gasteiger charge is -2.14. The predicted octanol–water partition coefficient (Wildman–Crippen LogP) is 4.98. The third kappa shape index (κ3) is 4.79. The van der Waals surface area contributed by atoms with E-state index >= 15 is 0 Å². The van der Waals surface area contributed by atoms with Crippen molar-refractivity contribution < 1.29 is 14.7 Å². The third-order valence-corrected chi connectivity index (χ3v) is 5.13. The van der Waals surface area contributed by atoms with E-state index in [1.165, 1.54) is 11.3 Å². The quantitative estimate of drug-likeness (QED) is 0.729. The second-order valence-electron chi connectivity index (χ2n) is 5.88. The van der Waals surface area contributed by atoms with E-state index < -0.39 is 11.9 Å². The summed E-state index contributed by atoms with van der Waals surface area (Å²) < 4.78 is 0. The Bertz CT molecular complexity index is 758. The Balaban J connectivity index is 2.08. The number of rotatable bonds is 7. The van der Waals surface area contributed by atoms with E-state index in [0.717, 1.165) is 5.56 Å². The lowest BCUT2D eigenvalue weighted by molar-refractivity contribution is -0.145. The van der Waals surface area contributed by atoms with Crippen LogP contribution in [-0.4, -0.2) is 21.8 Å². The molecule has 0 radical (unpaired) electrons. The number of hydrogen-bond acceptors (Lipinski definition) is 4. The maximum absolute atomic E-state index is 12.1. The third-order valence-electron chi connectivity index (χ3n) is 3.66. The Morgan fingerprint density at radius 1 is 1.29 bits per heavy atom. The van der Waals surface area contributed by atoms with Gasteiger partial charge in [-0.05, 0) is 24.1 Å². The normalized spacial score (nSPS) is 12.4. The van der Waals surface area contributed by atoms with Crippen LogP contribution in [0.2, 0.25) is 10.0 Å². The van der Waals surface area contributed by atoms with Crippen molar-refractivity contribution in [1.82, 2.24) is 4.98 Å². The molecule has 24 heavy (non-hydrogen) atoms. The highest BCUT2D eigenvalue weighted by Crippen LogP contribution is 2.32. The molecule has 1 aromatic carbocycles. The van der Waals surface area contributed by atoms with Gasteiger partial charge in [0, 0.05) is 28.8 Å². The van der Waals surface area contributed by atoms with Crippen LogP contribution in [0.25, 0.3) is 10.6 Å². The number of aliphatic carboxylic acids is 1. The van der Waals surface area contributed by atoms with Crippen LogP contribution in [0.4, 0.5) is 0 Å². The number of carboxylic acid groups (broad SMARTS) is 1. The minimum Gasteiger partial charge on any atom is -0.481 e. The molecule has 1 N–H and O–H groups in total. The number of carbonyl (C=O) groups is 2. The van der Waals surface area contributed by atoms with Crippen LogP contribution < -0.4 is 0 Å². The van der Waals surface area contributed by atoms with Crippen molar-refractivity contribution in [3.63, 3.8) is 0 Å². The van der Waals surface area contributed by atoms with Gasteiger partial charge in [0.2, 0.25) is 0 Å². The zero-order valence-corrected chi connectivity index (χ0v) is 15.6. The standard InChI is InChI=1S/C17H17Cl2NO3S/c1-9(2)14(17(22)23)7-12(21)6-11-8-24-16(20-11)13-4-3-10(18)5-15(13)19/h3-5,8-9,14H,6-7H2,1-2H3,(H,22,23)/t14-/m1/s1. The van der Waals surface area contributed by atoms with Gasteiger partial charge in [0.1, 0.15) is 10.8 Å². The number of thiazole rings is 1. The molecule has 0 aliphatic rings. The molecule has 1 aromatic heterocycles. The molecule has 0 amide bonds. The Morgan fingerprint density at radius 2 is 2.00 bits per heavy atom. The molecule has 2 rings (SSSR count). The van der Waals surface area contributed by atoms with Gasteiger partial charge in [-0.3, -0.25) is 9.59 Å². The van der Waals surface area contributed by atoms with Crippen LogP contribution >= 0.6 is 34.5 Å². The second kappa shape index (κ2) is 8.10. The number of hydrogen-bond donors (Lipinski definition) is 1. The highest BCUT2D eigenvalue weighted by molar-refractivity contribution is 7.13. The number of carboxylic acids is 1. The van der Waals surface area contributed by atoms with Crippen molar-refractivity contribution in [2.75, 3.05) is 0 Å². The summed E-state index contributed by atoms with van der Waals surface area (Å²) in [6, 6.07) is 5.16. The van der Waals surface area contributed by atoms with Gasteiger partial charge in [-0.1, -0.05) is 37.0 Å². The van der Waals surface area contributed by atoms with Crippen LogP contribution in [-0.2, 0) is 16.0 Å². The predicted molar refractivity (Wildman–Crippen MR) is 96.9 cm³/mol. The monoisotopic (exact) mass is 385 g/mol. The number of ketones is 1. The Morgan fingerprint density at radius 3 is 2.58 bits per heavy atom. The van der Waals surface area contributed by atoms with Crippen LogP contribution in [0.5, 0.6) is 0 Å². The molecule has 128 valence electrons. The van der Waals surface area contributed by atoms with Crippen molar-refractivity contribution in [3.8, 4) is 10.6 Å². The first kappa shape index (κ1) is 18.9. The molecule has 7 heteroatoms. The van der Waals surface area contributed by atoms with E-state index in [1.807, 2.05) is 0 Å². The van der Waals surface area contributed by atoms with Gasteiger partial charge < -0.3 is 5.11 Å². The van der Waals surface area contributed by atoms with E-state index in [2.05, 4.69) is 4.98 Å². The summed E-state index contributed by atoms with van der Waals surface area (Å²) >= 11 is 13.4. The summed E-state index contributed by atoms with van der Waals surface area (Å²) in [5.74, 6) is -1.83. The highest BCUT2D eigenvalue weighted by Gasteiger charge is 2.25. The molecule has 0 fully saturated rings. The smallest absolute Gasteiger partial charge is 0.307 e. The maximum Gasteiger partial charge on any atom is 0.307 e. The molecule has 0 spiro atoms. The molecule has 0 aliphatic carbocycles. The fourth-order valence-corrected chi connectivity index (χ4v) is 3.72. The molecule has 0 saturated carbocycles. The van der Waals surface area contributed by atoms with Crippen LogP contribution in [0.3, 0.4) is 0 Å². The number of nitrogens with zero attached hydrogens (tertiary/aromatic N) is 1. The van der Waals surface area contributed by atoms with Gasteiger partial charge in [-0.15, -0.1) is 11.3 Å². The molecular weight excluding hydrogens is 369 g/mol. The number of aromatic nitrogens is 1. The number of carbonyl (C=O) groups excluding carboxylic acids is 1. The first-order chi connectivity index (χ1) is 11.3. The van der Waals surface area contributed by atoms with Crippen LogP contribution in [0, 0.1) is 11.8 Å². The maximum atomic E-state index is 12.1. The lowest BCUT2D eigenvalue weighted by atomic mass is 9.90. The highest BCUT2D eigenvalue weighted by atomic mass is 35.5. The Kier molecular flexibility index (Phi) is 6.38. The molecule has 0 aliphatic heterocycles. The van der Waals surface area contributed by atoms with Crippen molar-refractivity contribution in [3.05, 3.63) is 39.3 Å². The second-order valence-corrected chi connectivity index (χ2v) is 7.58. The van der Waals surface area contributed by atoms with E-state index in [-0.39, 0.29) is 24.5 Å². The summed E-state index contributed by atoms with van der Waals surface area (Å²) in [6.07, 6.45) is 0.139. The molecule has 0 unspecified atom stereocenters. The average molecular weight is 386 g/mol. The first-order valence-electron chi connectivity index (χ1n) is 7.42. The van der Waals surface area contributed by atoms with Gasteiger partial charge in [0.25, 0.3) is 0 Å². The Labute approximate surface area is 154 Å². The molecule has 0 bridgehead atoms. The summed E-state index contributed by atoms with van der Waals surface area (Å²) in [4.78, 5) is 27.8. The first-order valence-corrected chi connectivity index (χ1v) is 9.05. The van der Waals surface area contributed by atoms with Gasteiger partial charge in [-0.2, -0.15) is 0 Å². The number of benzene rings is 1. The minimum absolute atomic E-state index is 0.0154. The summed E-state index contributed by atoms with van der Waals surface area (Å²) in [6.45, 7) is 3.60. The molecule has 0 saturated heterocycles. The van der Waals surface area contributed by atoms with Gasteiger partial charge in [0.15, 0.2) is 0 Å². The number of halogens is 2. The molecule has 1 atom stereocenters. The Hall–Kier alpha value is -1.43. The molecular formula is C17H17Cl2NO3S. The van der Waals surface area contributed by atoms with E-state index in [1.54, 1.807) is 37.4 Å². The van der Waals surface area contributed by atoms with Gasteiger partial charge in [-0.25, -0.2) is 4.98 Å².